The molecule has 0 amide bonds. The Morgan fingerprint density at radius 1 is 1.54 bits per heavy atom. The smallest absolute Gasteiger partial charge is 0.134 e. The molecule has 1 aliphatic carbocycles. The molecule has 2 atom stereocenters. The summed E-state index contributed by atoms with van der Waals surface area (Å²) in [5.41, 5.74) is 0. The lowest BCUT2D eigenvalue weighted by molar-refractivity contribution is -0.122. The maximum Gasteiger partial charge on any atom is 0.134 e. The predicted octanol–water partition coefficient (Wildman–Crippen LogP) is 1.36. The Balaban J connectivity index is 2.47. The molecule has 1 N–H and O–H groups in total. The van der Waals surface area contributed by atoms with Gasteiger partial charge in [-0.2, -0.15) is 0 Å². The third-order valence-electron chi connectivity index (χ3n) is 2.75. The molecule has 0 aromatic rings. The third-order valence-corrected chi connectivity index (χ3v) is 2.75. The molecule has 1 rings (SSSR count). The van der Waals surface area contributed by atoms with Gasteiger partial charge in [0.1, 0.15) is 5.78 Å². The van der Waals surface area contributed by atoms with E-state index in [2.05, 4.69) is 11.2 Å². The Hall–Kier alpha value is -0.810. The molecule has 2 heteroatoms. The average molecular weight is 179 g/mol. The summed E-state index contributed by atoms with van der Waals surface area (Å²) in [6, 6.07) is 0.322. The summed E-state index contributed by atoms with van der Waals surface area (Å²) < 4.78 is 0. The van der Waals surface area contributed by atoms with Crippen molar-refractivity contribution in [3.05, 3.63) is 0 Å². The van der Waals surface area contributed by atoms with Gasteiger partial charge in [0, 0.05) is 12.0 Å². The SMILES string of the molecule is C#CCNC1CCCCC1C(C)=O. The van der Waals surface area contributed by atoms with E-state index < -0.39 is 0 Å². The first-order chi connectivity index (χ1) is 6.25. The first-order valence-corrected chi connectivity index (χ1v) is 4.93. The number of rotatable bonds is 3. The van der Waals surface area contributed by atoms with E-state index in [4.69, 9.17) is 6.42 Å². The van der Waals surface area contributed by atoms with Crippen molar-refractivity contribution < 1.29 is 4.79 Å². The van der Waals surface area contributed by atoms with Crippen LogP contribution in [0.5, 0.6) is 0 Å². The van der Waals surface area contributed by atoms with Crippen molar-refractivity contribution in [1.82, 2.24) is 5.32 Å². The topological polar surface area (TPSA) is 29.1 Å². The summed E-state index contributed by atoms with van der Waals surface area (Å²) in [6.07, 6.45) is 9.68. The van der Waals surface area contributed by atoms with E-state index in [1.54, 1.807) is 6.92 Å². The van der Waals surface area contributed by atoms with Crippen LogP contribution in [0, 0.1) is 18.3 Å². The van der Waals surface area contributed by atoms with Crippen molar-refractivity contribution in [2.24, 2.45) is 5.92 Å². The van der Waals surface area contributed by atoms with Crippen LogP contribution in [-0.4, -0.2) is 18.4 Å². The Kier molecular flexibility index (Phi) is 3.98. The Bertz CT molecular complexity index is 217. The number of ketones is 1. The average Bonchev–Trinajstić information content (AvgIpc) is 2.15. The van der Waals surface area contributed by atoms with E-state index in [1.807, 2.05) is 0 Å². The van der Waals surface area contributed by atoms with Gasteiger partial charge in [-0.25, -0.2) is 0 Å². The number of Topliss-reactive ketones (excluding diaryl/α,β-unsaturated/α-hetero) is 1. The lowest BCUT2D eigenvalue weighted by atomic mass is 9.82. The first-order valence-electron chi connectivity index (χ1n) is 4.93. The summed E-state index contributed by atoms with van der Waals surface area (Å²) >= 11 is 0. The number of carbonyl (C=O) groups excluding carboxylic acids is 1. The summed E-state index contributed by atoms with van der Waals surface area (Å²) in [5, 5.41) is 3.25. The van der Waals surface area contributed by atoms with Crippen LogP contribution >= 0.6 is 0 Å². The van der Waals surface area contributed by atoms with Gasteiger partial charge in [-0.3, -0.25) is 4.79 Å². The lowest BCUT2D eigenvalue weighted by Crippen LogP contribution is -2.41. The van der Waals surface area contributed by atoms with Gasteiger partial charge >= 0.3 is 0 Å². The summed E-state index contributed by atoms with van der Waals surface area (Å²) in [5.74, 6) is 3.05. The molecule has 72 valence electrons. The second-order valence-electron chi connectivity index (χ2n) is 3.69. The van der Waals surface area contributed by atoms with Gasteiger partial charge in [-0.15, -0.1) is 6.42 Å². The maximum atomic E-state index is 11.3. The largest absolute Gasteiger partial charge is 0.303 e. The second kappa shape index (κ2) is 5.04. The van der Waals surface area contributed by atoms with Crippen LogP contribution < -0.4 is 5.32 Å². The molecule has 0 spiro atoms. The number of terminal acetylenes is 1. The van der Waals surface area contributed by atoms with Gasteiger partial charge in [-0.1, -0.05) is 18.8 Å². The van der Waals surface area contributed by atoms with Crippen molar-refractivity contribution in [3.8, 4) is 12.3 Å². The molecule has 2 nitrogen and oxygen atoms in total. The van der Waals surface area contributed by atoms with E-state index in [0.29, 0.717) is 18.4 Å². The van der Waals surface area contributed by atoms with Gasteiger partial charge in [0.05, 0.1) is 6.54 Å². The van der Waals surface area contributed by atoms with Crippen LogP contribution in [0.25, 0.3) is 0 Å². The zero-order valence-corrected chi connectivity index (χ0v) is 8.18. The molecule has 0 radical (unpaired) electrons. The van der Waals surface area contributed by atoms with Gasteiger partial charge in [0.15, 0.2) is 0 Å². The Morgan fingerprint density at radius 3 is 2.85 bits per heavy atom. The predicted molar refractivity (Wildman–Crippen MR) is 53.3 cm³/mol. The molecular weight excluding hydrogens is 162 g/mol. The fourth-order valence-electron chi connectivity index (χ4n) is 2.05. The number of hydrogen-bond acceptors (Lipinski definition) is 2. The molecule has 1 aliphatic rings. The minimum Gasteiger partial charge on any atom is -0.303 e. The third kappa shape index (κ3) is 2.86. The highest BCUT2D eigenvalue weighted by atomic mass is 16.1. The minimum absolute atomic E-state index is 0.196. The van der Waals surface area contributed by atoms with E-state index in [0.717, 1.165) is 12.8 Å². The summed E-state index contributed by atoms with van der Waals surface area (Å²) in [7, 11) is 0. The van der Waals surface area contributed by atoms with Crippen LogP contribution in [0.4, 0.5) is 0 Å². The minimum atomic E-state index is 0.196. The van der Waals surface area contributed by atoms with Crippen LogP contribution in [0.15, 0.2) is 0 Å². The van der Waals surface area contributed by atoms with Gasteiger partial charge in [0.2, 0.25) is 0 Å². The number of nitrogens with one attached hydrogen (secondary N) is 1. The highest BCUT2D eigenvalue weighted by Gasteiger charge is 2.27. The monoisotopic (exact) mass is 179 g/mol. The van der Waals surface area contributed by atoms with Gasteiger partial charge in [-0.05, 0) is 19.8 Å². The fraction of sp³-hybridized carbons (Fsp3) is 0.727. The molecule has 0 bridgehead atoms. The fourth-order valence-corrected chi connectivity index (χ4v) is 2.05. The van der Waals surface area contributed by atoms with Crippen LogP contribution in [0.3, 0.4) is 0 Å². The molecule has 0 aromatic heterocycles. The summed E-state index contributed by atoms with van der Waals surface area (Å²) in [4.78, 5) is 11.3. The van der Waals surface area contributed by atoms with Crippen molar-refractivity contribution in [1.29, 1.82) is 0 Å². The van der Waals surface area contributed by atoms with E-state index in [9.17, 15) is 4.79 Å². The molecule has 13 heavy (non-hydrogen) atoms. The molecule has 0 aliphatic heterocycles. The number of hydrogen-bond donors (Lipinski definition) is 1. The highest BCUT2D eigenvalue weighted by molar-refractivity contribution is 5.79. The van der Waals surface area contributed by atoms with Gasteiger partial charge in [0.25, 0.3) is 0 Å². The molecule has 0 heterocycles. The van der Waals surface area contributed by atoms with Crippen molar-refractivity contribution in [2.75, 3.05) is 6.54 Å². The van der Waals surface area contributed by atoms with Crippen LogP contribution in [0.2, 0.25) is 0 Å². The Morgan fingerprint density at radius 2 is 2.23 bits per heavy atom. The highest BCUT2D eigenvalue weighted by Crippen LogP contribution is 2.24. The molecule has 0 saturated heterocycles. The van der Waals surface area contributed by atoms with E-state index >= 15 is 0 Å². The van der Waals surface area contributed by atoms with Gasteiger partial charge < -0.3 is 5.32 Å². The summed E-state index contributed by atoms with van der Waals surface area (Å²) in [6.45, 7) is 2.26. The normalized spacial score (nSPS) is 28.0. The lowest BCUT2D eigenvalue weighted by Gasteiger charge is -2.29. The second-order valence-corrected chi connectivity index (χ2v) is 3.69. The van der Waals surface area contributed by atoms with Crippen molar-refractivity contribution in [2.45, 2.75) is 38.6 Å². The Labute approximate surface area is 80.1 Å². The standard InChI is InChI=1S/C11H17NO/c1-3-8-12-11-7-5-4-6-10(11)9(2)13/h1,10-12H,4-8H2,2H3. The molecule has 2 unspecified atom stereocenters. The molecule has 0 aromatic carbocycles. The van der Waals surface area contributed by atoms with Crippen molar-refractivity contribution in [3.63, 3.8) is 0 Å². The van der Waals surface area contributed by atoms with E-state index in [1.165, 1.54) is 12.8 Å². The molecular formula is C11H17NO. The molecule has 1 fully saturated rings. The first kappa shape index (κ1) is 10.3. The van der Waals surface area contributed by atoms with Crippen molar-refractivity contribution >= 4 is 5.78 Å². The van der Waals surface area contributed by atoms with Crippen LogP contribution in [0.1, 0.15) is 32.6 Å². The quantitative estimate of drug-likeness (QED) is 0.663. The van der Waals surface area contributed by atoms with E-state index in [-0.39, 0.29) is 5.92 Å². The zero-order chi connectivity index (χ0) is 9.68. The number of carbonyl (C=O) groups is 1. The zero-order valence-electron chi connectivity index (χ0n) is 8.18. The molecule has 1 saturated carbocycles. The maximum absolute atomic E-state index is 11.3. The van der Waals surface area contributed by atoms with Crippen LogP contribution in [-0.2, 0) is 4.79 Å².